The van der Waals surface area contributed by atoms with Gasteiger partial charge in [0.2, 0.25) is 0 Å². The minimum atomic E-state index is 0. The van der Waals surface area contributed by atoms with Crippen LogP contribution >= 0.6 is 35.3 Å². The molecule has 0 atom stereocenters. The largest absolute Gasteiger partial charge is 0.381 e. The molecule has 0 radical (unpaired) electrons. The van der Waals surface area contributed by atoms with Crippen molar-refractivity contribution in [2.45, 2.75) is 65.8 Å². The average molecular weight is 482 g/mol. The molecule has 0 unspecified atom stereocenters. The zero-order valence-corrected chi connectivity index (χ0v) is 19.5. The van der Waals surface area contributed by atoms with E-state index in [9.17, 15) is 0 Å². The summed E-state index contributed by atoms with van der Waals surface area (Å²) in [5.41, 5.74) is 1.24. The Hall–Kier alpha value is -0.410. The zero-order valence-electron chi connectivity index (χ0n) is 16.4. The van der Waals surface area contributed by atoms with Gasteiger partial charge in [-0.25, -0.2) is 9.98 Å². The third-order valence-electron chi connectivity index (χ3n) is 3.44. The molecule has 0 aromatic carbocycles. The van der Waals surface area contributed by atoms with Crippen molar-refractivity contribution in [3.8, 4) is 0 Å². The van der Waals surface area contributed by atoms with E-state index in [1.54, 1.807) is 11.3 Å². The average Bonchev–Trinajstić information content (AvgIpc) is 3.01. The number of nitrogens with zero attached hydrogens (tertiary/aromatic N) is 2. The summed E-state index contributed by atoms with van der Waals surface area (Å²) in [6.07, 6.45) is 3.31. The third-order valence-corrected chi connectivity index (χ3v) is 4.27. The van der Waals surface area contributed by atoms with Gasteiger partial charge in [-0.05, 0) is 19.8 Å². The van der Waals surface area contributed by atoms with E-state index in [-0.39, 0.29) is 29.4 Å². The van der Waals surface area contributed by atoms with Crippen LogP contribution in [-0.4, -0.2) is 37.2 Å². The number of guanidine groups is 1. The number of halogens is 1. The first-order valence-corrected chi connectivity index (χ1v) is 9.90. The van der Waals surface area contributed by atoms with E-state index >= 15 is 0 Å². The molecule has 0 amide bonds. The van der Waals surface area contributed by atoms with E-state index in [0.717, 1.165) is 55.8 Å². The molecule has 0 bridgehead atoms. The molecule has 0 spiro atoms. The van der Waals surface area contributed by atoms with Gasteiger partial charge >= 0.3 is 0 Å². The molecule has 25 heavy (non-hydrogen) atoms. The quantitative estimate of drug-likeness (QED) is 0.226. The van der Waals surface area contributed by atoms with E-state index in [1.165, 1.54) is 6.42 Å². The van der Waals surface area contributed by atoms with E-state index in [0.29, 0.717) is 6.54 Å². The molecule has 0 saturated carbocycles. The SMILES string of the molecule is CCCCOCCCNC(=NCc1nc(C(C)(C)C)cs1)NCC.I. The number of hydrogen-bond acceptors (Lipinski definition) is 4. The second kappa shape index (κ2) is 13.7. The van der Waals surface area contributed by atoms with Crippen molar-refractivity contribution in [2.75, 3.05) is 26.3 Å². The van der Waals surface area contributed by atoms with Crippen LogP contribution in [0.15, 0.2) is 10.4 Å². The highest BCUT2D eigenvalue weighted by atomic mass is 127. The number of rotatable bonds is 10. The van der Waals surface area contributed by atoms with Gasteiger partial charge in [-0.3, -0.25) is 0 Å². The summed E-state index contributed by atoms with van der Waals surface area (Å²) in [5, 5.41) is 9.82. The topological polar surface area (TPSA) is 58.5 Å². The normalized spacial score (nSPS) is 12.0. The predicted octanol–water partition coefficient (Wildman–Crippen LogP) is 4.32. The van der Waals surface area contributed by atoms with Crippen LogP contribution < -0.4 is 10.6 Å². The van der Waals surface area contributed by atoms with Gasteiger partial charge in [-0.15, -0.1) is 35.3 Å². The Balaban J connectivity index is 0.00000576. The predicted molar refractivity (Wildman–Crippen MR) is 119 cm³/mol. The van der Waals surface area contributed by atoms with Gasteiger partial charge in [0.15, 0.2) is 5.96 Å². The van der Waals surface area contributed by atoms with Crippen molar-refractivity contribution in [2.24, 2.45) is 4.99 Å². The maximum atomic E-state index is 5.57. The fourth-order valence-corrected chi connectivity index (χ4v) is 2.89. The molecule has 1 heterocycles. The molecule has 5 nitrogen and oxygen atoms in total. The first kappa shape index (κ1) is 24.6. The fourth-order valence-electron chi connectivity index (χ4n) is 1.95. The second-order valence-corrected chi connectivity index (χ2v) is 7.76. The van der Waals surface area contributed by atoms with Gasteiger partial charge in [0.05, 0.1) is 12.2 Å². The summed E-state index contributed by atoms with van der Waals surface area (Å²) in [4.78, 5) is 9.32. The highest BCUT2D eigenvalue weighted by Crippen LogP contribution is 2.24. The summed E-state index contributed by atoms with van der Waals surface area (Å²) in [6.45, 7) is 14.8. The maximum absolute atomic E-state index is 5.57. The minimum Gasteiger partial charge on any atom is -0.381 e. The lowest BCUT2D eigenvalue weighted by Crippen LogP contribution is -2.38. The Labute approximate surface area is 174 Å². The first-order chi connectivity index (χ1) is 11.5. The Kier molecular flexibility index (Phi) is 13.5. The molecular formula is C18H35IN4OS. The molecule has 0 aliphatic carbocycles. The number of aliphatic imine (C=N–C) groups is 1. The van der Waals surface area contributed by atoms with Crippen LogP contribution in [0.5, 0.6) is 0 Å². The number of hydrogen-bond donors (Lipinski definition) is 2. The van der Waals surface area contributed by atoms with Crippen LogP contribution in [0.3, 0.4) is 0 Å². The summed E-state index contributed by atoms with van der Waals surface area (Å²) in [6, 6.07) is 0. The standard InChI is InChI=1S/C18H34N4OS.HI/c1-6-8-11-23-12-9-10-20-17(19-7-2)21-13-16-22-15(14-24-16)18(3,4)5;/h14H,6-13H2,1-5H3,(H2,19,20,21);1H. The van der Waals surface area contributed by atoms with Gasteiger partial charge in [0.25, 0.3) is 0 Å². The van der Waals surface area contributed by atoms with E-state index in [2.05, 4.69) is 60.6 Å². The van der Waals surface area contributed by atoms with Crippen molar-refractivity contribution < 1.29 is 4.74 Å². The lowest BCUT2D eigenvalue weighted by molar-refractivity contribution is 0.129. The molecule has 2 N–H and O–H groups in total. The van der Waals surface area contributed by atoms with Crippen LogP contribution in [0, 0.1) is 0 Å². The molecule has 0 aliphatic heterocycles. The summed E-state index contributed by atoms with van der Waals surface area (Å²) < 4.78 is 5.57. The van der Waals surface area contributed by atoms with Gasteiger partial charge in [0, 0.05) is 37.1 Å². The number of unbranched alkanes of at least 4 members (excludes halogenated alkanes) is 1. The van der Waals surface area contributed by atoms with Crippen LogP contribution in [0.25, 0.3) is 0 Å². The first-order valence-electron chi connectivity index (χ1n) is 9.02. The highest BCUT2D eigenvalue weighted by molar-refractivity contribution is 14.0. The number of thiazole rings is 1. The molecule has 1 aromatic rings. The molecule has 1 rings (SSSR count). The van der Waals surface area contributed by atoms with Crippen LogP contribution in [0.4, 0.5) is 0 Å². The highest BCUT2D eigenvalue weighted by Gasteiger charge is 2.17. The molecule has 0 saturated heterocycles. The van der Waals surface area contributed by atoms with Gasteiger partial charge in [0.1, 0.15) is 5.01 Å². The van der Waals surface area contributed by atoms with Crippen molar-refractivity contribution in [1.29, 1.82) is 0 Å². The van der Waals surface area contributed by atoms with E-state index in [1.807, 2.05) is 0 Å². The molecule has 1 aromatic heterocycles. The van der Waals surface area contributed by atoms with Gasteiger partial charge < -0.3 is 15.4 Å². The molecule has 7 heteroatoms. The maximum Gasteiger partial charge on any atom is 0.191 e. The van der Waals surface area contributed by atoms with Crippen molar-refractivity contribution in [3.05, 3.63) is 16.1 Å². The summed E-state index contributed by atoms with van der Waals surface area (Å²) in [5.74, 6) is 0.846. The third kappa shape index (κ3) is 11.0. The van der Waals surface area contributed by atoms with E-state index in [4.69, 9.17) is 4.74 Å². The number of nitrogens with one attached hydrogen (secondary N) is 2. The van der Waals surface area contributed by atoms with Gasteiger partial charge in [-0.2, -0.15) is 0 Å². The van der Waals surface area contributed by atoms with Crippen molar-refractivity contribution >= 4 is 41.3 Å². The monoisotopic (exact) mass is 482 g/mol. The molecule has 146 valence electrons. The smallest absolute Gasteiger partial charge is 0.191 e. The lowest BCUT2D eigenvalue weighted by Gasteiger charge is -2.14. The summed E-state index contributed by atoms with van der Waals surface area (Å²) >= 11 is 1.68. The molecule has 0 fully saturated rings. The Morgan fingerprint density at radius 1 is 1.20 bits per heavy atom. The van der Waals surface area contributed by atoms with Crippen LogP contribution in [0.2, 0.25) is 0 Å². The Morgan fingerprint density at radius 2 is 1.92 bits per heavy atom. The van der Waals surface area contributed by atoms with Crippen molar-refractivity contribution in [3.63, 3.8) is 0 Å². The summed E-state index contributed by atoms with van der Waals surface area (Å²) in [7, 11) is 0. The second-order valence-electron chi connectivity index (χ2n) is 6.82. The van der Waals surface area contributed by atoms with Crippen molar-refractivity contribution in [1.82, 2.24) is 15.6 Å². The fraction of sp³-hybridized carbons (Fsp3) is 0.778. The van der Waals surface area contributed by atoms with E-state index < -0.39 is 0 Å². The zero-order chi connectivity index (χ0) is 17.8. The van der Waals surface area contributed by atoms with Crippen LogP contribution in [-0.2, 0) is 16.7 Å². The van der Waals surface area contributed by atoms with Crippen LogP contribution in [0.1, 0.15) is 64.6 Å². The number of ether oxygens (including phenoxy) is 1. The van der Waals surface area contributed by atoms with Gasteiger partial charge in [-0.1, -0.05) is 34.1 Å². The Bertz CT molecular complexity index is 486. The number of aromatic nitrogens is 1. The molecular weight excluding hydrogens is 447 g/mol. The lowest BCUT2D eigenvalue weighted by atomic mass is 9.93. The minimum absolute atomic E-state index is 0. The molecule has 0 aliphatic rings. The Morgan fingerprint density at radius 3 is 2.52 bits per heavy atom.